The molecule has 3 saturated heterocycles. The van der Waals surface area contributed by atoms with Crippen molar-refractivity contribution in [1.82, 2.24) is 0 Å². The van der Waals surface area contributed by atoms with Crippen LogP contribution in [0.5, 0.6) is 0 Å². The van der Waals surface area contributed by atoms with E-state index in [0.717, 1.165) is 51.7 Å². The van der Waals surface area contributed by atoms with Crippen LogP contribution >= 0.6 is 0 Å². The third-order valence-corrected chi connectivity index (χ3v) is 5.34. The number of fused-ring (bicyclic) bond motifs is 1. The fourth-order valence-corrected chi connectivity index (χ4v) is 4.11. The highest BCUT2D eigenvalue weighted by atomic mass is 16.8. The van der Waals surface area contributed by atoms with E-state index in [4.69, 9.17) is 18.9 Å². The summed E-state index contributed by atoms with van der Waals surface area (Å²) < 4.78 is 25.8. The molecule has 0 aromatic heterocycles. The Morgan fingerprint density at radius 1 is 0.682 bits per heavy atom. The van der Waals surface area contributed by atoms with Crippen LogP contribution in [0.2, 0.25) is 0 Å². The molecule has 0 saturated carbocycles. The van der Waals surface area contributed by atoms with Gasteiger partial charge in [0.2, 0.25) is 11.6 Å². The van der Waals surface area contributed by atoms with E-state index in [1.165, 1.54) is 0 Å². The molecule has 0 aromatic carbocycles. The van der Waals surface area contributed by atoms with E-state index in [0.29, 0.717) is 11.8 Å². The molecule has 3 aliphatic heterocycles. The fourth-order valence-electron chi connectivity index (χ4n) is 4.11. The summed E-state index contributed by atoms with van der Waals surface area (Å²) in [6, 6.07) is 0. The number of ether oxygens (including phenoxy) is 4. The van der Waals surface area contributed by atoms with Crippen LogP contribution in [0.3, 0.4) is 0 Å². The Kier molecular flexibility index (Phi) is 4.84. The molecule has 128 valence electrons. The Hall–Kier alpha value is -0.160. The van der Waals surface area contributed by atoms with Gasteiger partial charge in [-0.05, 0) is 37.5 Å². The average Bonchev–Trinajstić information content (AvgIpc) is 2.51. The van der Waals surface area contributed by atoms with Crippen LogP contribution in [-0.4, -0.2) is 37.0 Å². The number of hydrogen-bond donors (Lipinski definition) is 0. The number of rotatable bonds is 2. The predicted molar refractivity (Wildman–Crippen MR) is 84.5 cm³/mol. The third kappa shape index (κ3) is 2.72. The standard InChI is InChI=1S/C18H32O4/c1-13(2)15-16(14(3)4)22-18(10-6-8-12-20-18)17(21-15)9-5-7-11-19-17/h13-16H,5-12H2,1-4H3/t15-,16-,17-,18-/m1/s1. The highest BCUT2D eigenvalue weighted by molar-refractivity contribution is 5.00. The maximum absolute atomic E-state index is 6.67. The van der Waals surface area contributed by atoms with Crippen LogP contribution in [0.1, 0.15) is 66.2 Å². The van der Waals surface area contributed by atoms with Gasteiger partial charge in [0, 0.05) is 12.8 Å². The van der Waals surface area contributed by atoms with Crippen molar-refractivity contribution in [3.8, 4) is 0 Å². The highest BCUT2D eigenvalue weighted by Crippen LogP contribution is 2.51. The Morgan fingerprint density at radius 2 is 1.09 bits per heavy atom. The first-order chi connectivity index (χ1) is 10.5. The molecule has 4 nitrogen and oxygen atoms in total. The first kappa shape index (κ1) is 16.7. The van der Waals surface area contributed by atoms with Gasteiger partial charge in [-0.1, -0.05) is 27.7 Å². The topological polar surface area (TPSA) is 36.9 Å². The van der Waals surface area contributed by atoms with Gasteiger partial charge in [0.05, 0.1) is 25.4 Å². The van der Waals surface area contributed by atoms with Crippen molar-refractivity contribution in [3.05, 3.63) is 0 Å². The van der Waals surface area contributed by atoms with Crippen molar-refractivity contribution in [3.63, 3.8) is 0 Å². The second-order valence-electron chi connectivity index (χ2n) is 7.77. The van der Waals surface area contributed by atoms with Crippen LogP contribution in [0.15, 0.2) is 0 Å². The second-order valence-corrected chi connectivity index (χ2v) is 7.77. The molecule has 0 aliphatic carbocycles. The van der Waals surface area contributed by atoms with Gasteiger partial charge < -0.3 is 18.9 Å². The molecular formula is C18H32O4. The van der Waals surface area contributed by atoms with E-state index in [-0.39, 0.29) is 12.2 Å². The molecular weight excluding hydrogens is 280 g/mol. The zero-order valence-electron chi connectivity index (χ0n) is 14.6. The summed E-state index contributed by atoms with van der Waals surface area (Å²) in [4.78, 5) is 0. The van der Waals surface area contributed by atoms with Gasteiger partial charge in [0.1, 0.15) is 0 Å². The van der Waals surface area contributed by atoms with Gasteiger partial charge in [0.25, 0.3) is 0 Å². The molecule has 3 aliphatic rings. The van der Waals surface area contributed by atoms with E-state index in [1.54, 1.807) is 0 Å². The molecule has 3 fully saturated rings. The van der Waals surface area contributed by atoms with Crippen LogP contribution in [-0.2, 0) is 18.9 Å². The second kappa shape index (κ2) is 6.39. The lowest BCUT2D eigenvalue weighted by molar-refractivity contribution is -0.487. The maximum atomic E-state index is 6.67. The molecule has 4 heteroatoms. The molecule has 4 atom stereocenters. The molecule has 0 unspecified atom stereocenters. The molecule has 0 amide bonds. The van der Waals surface area contributed by atoms with Crippen molar-refractivity contribution in [2.45, 2.75) is 90.0 Å². The number of hydrogen-bond acceptors (Lipinski definition) is 4. The largest absolute Gasteiger partial charge is 0.345 e. The van der Waals surface area contributed by atoms with Crippen molar-refractivity contribution >= 4 is 0 Å². The Morgan fingerprint density at radius 3 is 1.36 bits per heavy atom. The Balaban J connectivity index is 1.94. The molecule has 3 heterocycles. The summed E-state index contributed by atoms with van der Waals surface area (Å²) >= 11 is 0. The molecule has 22 heavy (non-hydrogen) atoms. The lowest BCUT2D eigenvalue weighted by atomic mass is 9.84. The van der Waals surface area contributed by atoms with Crippen LogP contribution in [0, 0.1) is 11.8 Å². The van der Waals surface area contributed by atoms with E-state index in [9.17, 15) is 0 Å². The first-order valence-electron chi connectivity index (χ1n) is 9.13. The maximum Gasteiger partial charge on any atom is 0.224 e. The zero-order valence-corrected chi connectivity index (χ0v) is 14.6. The first-order valence-corrected chi connectivity index (χ1v) is 9.13. The van der Waals surface area contributed by atoms with Gasteiger partial charge in [-0.3, -0.25) is 0 Å². The minimum atomic E-state index is -0.702. The fraction of sp³-hybridized carbons (Fsp3) is 1.00. The Labute approximate surface area is 134 Å². The van der Waals surface area contributed by atoms with Crippen molar-refractivity contribution in [1.29, 1.82) is 0 Å². The minimum absolute atomic E-state index is 0.0641. The molecule has 0 radical (unpaired) electrons. The van der Waals surface area contributed by atoms with Crippen molar-refractivity contribution in [2.24, 2.45) is 11.8 Å². The quantitative estimate of drug-likeness (QED) is 0.775. The van der Waals surface area contributed by atoms with Crippen LogP contribution in [0.4, 0.5) is 0 Å². The van der Waals surface area contributed by atoms with Crippen LogP contribution < -0.4 is 0 Å². The van der Waals surface area contributed by atoms with Gasteiger partial charge in [-0.15, -0.1) is 0 Å². The molecule has 0 N–H and O–H groups in total. The Bertz CT molecular complexity index is 331. The smallest absolute Gasteiger partial charge is 0.224 e. The highest BCUT2D eigenvalue weighted by Gasteiger charge is 2.63. The summed E-state index contributed by atoms with van der Waals surface area (Å²) in [6.07, 6.45) is 6.31. The van der Waals surface area contributed by atoms with Crippen LogP contribution in [0.25, 0.3) is 0 Å². The monoisotopic (exact) mass is 312 g/mol. The molecule has 2 spiro atoms. The summed E-state index contributed by atoms with van der Waals surface area (Å²) in [5.74, 6) is -0.607. The zero-order chi connectivity index (χ0) is 15.8. The third-order valence-electron chi connectivity index (χ3n) is 5.34. The summed E-state index contributed by atoms with van der Waals surface area (Å²) in [6.45, 7) is 10.3. The normalized spacial score (nSPS) is 43.4. The lowest BCUT2D eigenvalue weighted by Gasteiger charge is -2.59. The van der Waals surface area contributed by atoms with E-state index >= 15 is 0 Å². The van der Waals surface area contributed by atoms with E-state index < -0.39 is 11.6 Å². The average molecular weight is 312 g/mol. The van der Waals surface area contributed by atoms with Crippen molar-refractivity contribution < 1.29 is 18.9 Å². The van der Waals surface area contributed by atoms with Gasteiger partial charge >= 0.3 is 0 Å². The molecule has 0 aromatic rings. The molecule has 3 rings (SSSR count). The summed E-state index contributed by atoms with van der Waals surface area (Å²) in [5.41, 5.74) is 0. The summed E-state index contributed by atoms with van der Waals surface area (Å²) in [7, 11) is 0. The molecule has 0 bridgehead atoms. The van der Waals surface area contributed by atoms with E-state index in [1.807, 2.05) is 0 Å². The van der Waals surface area contributed by atoms with Gasteiger partial charge in [-0.25, -0.2) is 0 Å². The van der Waals surface area contributed by atoms with E-state index in [2.05, 4.69) is 27.7 Å². The van der Waals surface area contributed by atoms with Crippen molar-refractivity contribution in [2.75, 3.05) is 13.2 Å². The summed E-state index contributed by atoms with van der Waals surface area (Å²) in [5, 5.41) is 0. The minimum Gasteiger partial charge on any atom is -0.345 e. The van der Waals surface area contributed by atoms with Gasteiger partial charge in [0.15, 0.2) is 0 Å². The SMILES string of the molecule is CC(C)[C@H]1O[C@]2(CCCCO2)[C@@]2(CCCCO2)O[C@@H]1C(C)C. The predicted octanol–water partition coefficient (Wildman–Crippen LogP) is 3.88. The lowest BCUT2D eigenvalue weighted by Crippen LogP contribution is -2.71. The van der Waals surface area contributed by atoms with Gasteiger partial charge in [-0.2, -0.15) is 0 Å².